The van der Waals surface area contributed by atoms with Crippen molar-refractivity contribution in [2.75, 3.05) is 6.61 Å². The van der Waals surface area contributed by atoms with Crippen LogP contribution in [-0.4, -0.2) is 17.5 Å². The van der Waals surface area contributed by atoms with Crippen LogP contribution in [0.5, 0.6) is 0 Å². The van der Waals surface area contributed by atoms with E-state index < -0.39 is 0 Å². The van der Waals surface area contributed by atoms with E-state index in [2.05, 4.69) is 11.4 Å². The van der Waals surface area contributed by atoms with Gasteiger partial charge in [-0.1, -0.05) is 78.9 Å². The molecule has 0 aliphatic carbocycles. The summed E-state index contributed by atoms with van der Waals surface area (Å²) in [6.45, 7) is 2.22. The Kier molecular flexibility index (Phi) is 5.95. The lowest BCUT2D eigenvalue weighted by molar-refractivity contribution is 0.101. The van der Waals surface area contributed by atoms with Crippen LogP contribution in [0.15, 0.2) is 78.9 Å². The zero-order valence-corrected chi connectivity index (χ0v) is 14.9. The summed E-state index contributed by atoms with van der Waals surface area (Å²) in [6.07, 6.45) is 0. The van der Waals surface area contributed by atoms with Crippen molar-refractivity contribution in [2.45, 2.75) is 19.5 Å². The number of carbonyl (C=O) groups is 1. The van der Waals surface area contributed by atoms with Gasteiger partial charge in [0.15, 0.2) is 5.78 Å². The molecule has 132 valence electrons. The maximum atomic E-state index is 12.0. The molecule has 2 N–H and O–H groups in total. The van der Waals surface area contributed by atoms with Crippen LogP contribution < -0.4 is 5.32 Å². The minimum absolute atomic E-state index is 0.0240. The zero-order chi connectivity index (χ0) is 18.4. The normalized spacial score (nSPS) is 11.9. The maximum absolute atomic E-state index is 12.0. The summed E-state index contributed by atoms with van der Waals surface area (Å²) in [6, 6.07) is 25.5. The van der Waals surface area contributed by atoms with Crippen molar-refractivity contribution >= 4 is 5.78 Å². The number of nitrogens with one attached hydrogen (secondary N) is 1. The fraction of sp³-hybridized carbons (Fsp3) is 0.174. The van der Waals surface area contributed by atoms with E-state index in [0.29, 0.717) is 6.54 Å². The number of Topliss-reactive ketones (excluding diaryl/α,β-unsaturated/α-hetero) is 1. The Labute approximate surface area is 154 Å². The SMILES string of the molecule is CC(=O)c1ccccc1-c1ccccc1CN[C@@H](CO)c1ccccc1. The van der Waals surface area contributed by atoms with Crippen LogP contribution in [0, 0.1) is 0 Å². The molecule has 26 heavy (non-hydrogen) atoms. The van der Waals surface area contributed by atoms with E-state index in [0.717, 1.165) is 27.8 Å². The van der Waals surface area contributed by atoms with Crippen molar-refractivity contribution in [3.63, 3.8) is 0 Å². The van der Waals surface area contributed by atoms with Crippen LogP contribution in [0.4, 0.5) is 0 Å². The fourth-order valence-corrected chi connectivity index (χ4v) is 3.17. The van der Waals surface area contributed by atoms with Crippen molar-refractivity contribution in [1.82, 2.24) is 5.32 Å². The summed E-state index contributed by atoms with van der Waals surface area (Å²) in [5.74, 6) is 0.0564. The first-order chi connectivity index (χ1) is 12.7. The Morgan fingerprint density at radius 2 is 1.50 bits per heavy atom. The van der Waals surface area contributed by atoms with Gasteiger partial charge in [-0.3, -0.25) is 4.79 Å². The molecule has 3 aromatic carbocycles. The van der Waals surface area contributed by atoms with E-state index in [4.69, 9.17) is 0 Å². The molecule has 1 atom stereocenters. The summed E-state index contributed by atoms with van der Waals surface area (Å²) in [7, 11) is 0. The van der Waals surface area contributed by atoms with Crippen LogP contribution in [0.3, 0.4) is 0 Å². The molecule has 0 amide bonds. The zero-order valence-electron chi connectivity index (χ0n) is 14.9. The Morgan fingerprint density at radius 1 is 0.885 bits per heavy atom. The van der Waals surface area contributed by atoms with E-state index in [-0.39, 0.29) is 18.4 Å². The van der Waals surface area contributed by atoms with Gasteiger partial charge in [-0.25, -0.2) is 0 Å². The van der Waals surface area contributed by atoms with E-state index in [1.54, 1.807) is 6.92 Å². The van der Waals surface area contributed by atoms with E-state index >= 15 is 0 Å². The van der Waals surface area contributed by atoms with Crippen LogP contribution in [0.2, 0.25) is 0 Å². The largest absolute Gasteiger partial charge is 0.394 e. The van der Waals surface area contributed by atoms with Gasteiger partial charge in [0.05, 0.1) is 12.6 Å². The molecule has 0 saturated carbocycles. The molecule has 3 nitrogen and oxygen atoms in total. The van der Waals surface area contributed by atoms with Gasteiger partial charge in [-0.05, 0) is 29.2 Å². The van der Waals surface area contributed by atoms with Gasteiger partial charge in [-0.15, -0.1) is 0 Å². The third kappa shape index (κ3) is 4.07. The summed E-state index contributed by atoms with van der Waals surface area (Å²) >= 11 is 0. The Balaban J connectivity index is 1.88. The predicted octanol–water partition coefficient (Wildman–Crippen LogP) is 4.38. The minimum atomic E-state index is -0.132. The molecule has 3 aromatic rings. The van der Waals surface area contributed by atoms with Crippen molar-refractivity contribution in [3.8, 4) is 11.1 Å². The first-order valence-electron chi connectivity index (χ1n) is 8.78. The number of carbonyl (C=O) groups excluding carboxylic acids is 1. The number of ketones is 1. The monoisotopic (exact) mass is 345 g/mol. The summed E-state index contributed by atoms with van der Waals surface area (Å²) < 4.78 is 0. The highest BCUT2D eigenvalue weighted by Crippen LogP contribution is 2.28. The molecular weight excluding hydrogens is 322 g/mol. The first kappa shape index (κ1) is 18.1. The lowest BCUT2D eigenvalue weighted by Crippen LogP contribution is -2.24. The van der Waals surface area contributed by atoms with E-state index in [9.17, 15) is 9.90 Å². The second-order valence-electron chi connectivity index (χ2n) is 6.29. The minimum Gasteiger partial charge on any atom is -0.394 e. The molecule has 0 heterocycles. The van der Waals surface area contributed by atoms with Gasteiger partial charge < -0.3 is 10.4 Å². The predicted molar refractivity (Wildman–Crippen MR) is 105 cm³/mol. The smallest absolute Gasteiger partial charge is 0.160 e. The number of benzene rings is 3. The summed E-state index contributed by atoms with van der Waals surface area (Å²) in [5, 5.41) is 13.2. The van der Waals surface area contributed by atoms with Crippen LogP contribution >= 0.6 is 0 Å². The Hall–Kier alpha value is -2.75. The van der Waals surface area contributed by atoms with Crippen molar-refractivity contribution in [1.29, 1.82) is 0 Å². The number of aliphatic hydroxyl groups is 1. The third-order valence-corrected chi connectivity index (χ3v) is 4.54. The molecule has 0 radical (unpaired) electrons. The van der Waals surface area contributed by atoms with E-state index in [1.807, 2.05) is 72.8 Å². The molecule has 0 saturated heterocycles. The standard InChI is InChI=1S/C23H23NO2/c1-17(26)20-12-7-8-14-22(20)21-13-6-5-11-19(21)15-24-23(16-25)18-9-3-2-4-10-18/h2-14,23-25H,15-16H2,1H3/t23-/m0/s1. The number of hydrogen-bond donors (Lipinski definition) is 2. The average molecular weight is 345 g/mol. The van der Waals surface area contributed by atoms with Gasteiger partial charge in [0.25, 0.3) is 0 Å². The highest BCUT2D eigenvalue weighted by molar-refractivity contribution is 6.01. The second-order valence-corrected chi connectivity index (χ2v) is 6.29. The quantitative estimate of drug-likeness (QED) is 0.625. The van der Waals surface area contributed by atoms with Crippen molar-refractivity contribution in [3.05, 3.63) is 95.6 Å². The highest BCUT2D eigenvalue weighted by atomic mass is 16.3. The maximum Gasteiger partial charge on any atom is 0.160 e. The van der Waals surface area contributed by atoms with Crippen LogP contribution in [0.1, 0.15) is 34.5 Å². The fourth-order valence-electron chi connectivity index (χ4n) is 3.17. The lowest BCUT2D eigenvalue weighted by Gasteiger charge is -2.19. The lowest BCUT2D eigenvalue weighted by atomic mass is 9.93. The topological polar surface area (TPSA) is 49.3 Å². The summed E-state index contributed by atoms with van der Waals surface area (Å²) in [4.78, 5) is 12.0. The van der Waals surface area contributed by atoms with Crippen molar-refractivity contribution < 1.29 is 9.90 Å². The molecule has 3 heteroatoms. The Morgan fingerprint density at radius 3 is 2.19 bits per heavy atom. The van der Waals surface area contributed by atoms with Gasteiger partial charge in [0.2, 0.25) is 0 Å². The molecule has 0 aliphatic heterocycles. The van der Waals surface area contributed by atoms with Gasteiger partial charge in [0, 0.05) is 12.1 Å². The Bertz CT molecular complexity index is 874. The first-order valence-corrected chi connectivity index (χ1v) is 8.78. The molecule has 0 aliphatic rings. The molecule has 0 fully saturated rings. The van der Waals surface area contributed by atoms with E-state index in [1.165, 1.54) is 0 Å². The number of hydrogen-bond acceptors (Lipinski definition) is 3. The summed E-state index contributed by atoms with van der Waals surface area (Å²) in [5.41, 5.74) is 4.85. The highest BCUT2D eigenvalue weighted by Gasteiger charge is 2.14. The number of aliphatic hydroxyl groups excluding tert-OH is 1. The molecule has 0 bridgehead atoms. The third-order valence-electron chi connectivity index (χ3n) is 4.54. The number of rotatable bonds is 7. The van der Waals surface area contributed by atoms with Gasteiger partial charge >= 0.3 is 0 Å². The van der Waals surface area contributed by atoms with Crippen LogP contribution in [0.25, 0.3) is 11.1 Å². The molecule has 0 spiro atoms. The average Bonchev–Trinajstić information content (AvgIpc) is 2.69. The van der Waals surface area contributed by atoms with Crippen molar-refractivity contribution in [2.24, 2.45) is 0 Å². The molecule has 3 rings (SSSR count). The van der Waals surface area contributed by atoms with Gasteiger partial charge in [0.1, 0.15) is 0 Å². The molecular formula is C23H23NO2. The molecule has 0 unspecified atom stereocenters. The molecule has 0 aromatic heterocycles. The van der Waals surface area contributed by atoms with Gasteiger partial charge in [-0.2, -0.15) is 0 Å². The second kappa shape index (κ2) is 8.56. The van der Waals surface area contributed by atoms with Crippen LogP contribution in [-0.2, 0) is 6.54 Å².